The van der Waals surface area contributed by atoms with E-state index in [1.165, 1.54) is 18.3 Å². The standard InChI is InChI=1S/C33H30F3N3O7S/c34-33(35,36)23-8-14-26(15-9-23)47(43,44)39-32(17-3-4-18-32)21-45-24-10-12-25(13-11-24)46-30-16-7-22(20-37-30)19-29(40)38-28-6-2-1-5-27(28)31(41)42/h1-2,5-16,20,39H,3-4,17-19,21H2,(H,38,40)(H,41,42). The molecule has 14 heteroatoms. The third-order valence-electron chi connectivity index (χ3n) is 7.56. The second-order valence-corrected chi connectivity index (χ2v) is 12.7. The number of sulfonamides is 1. The van der Waals surface area contributed by atoms with E-state index >= 15 is 0 Å². The van der Waals surface area contributed by atoms with Gasteiger partial charge in [0.15, 0.2) is 0 Å². The normalized spacial score (nSPS) is 14.4. The van der Waals surface area contributed by atoms with Gasteiger partial charge in [-0.25, -0.2) is 22.9 Å². The van der Waals surface area contributed by atoms with Gasteiger partial charge in [0.2, 0.25) is 21.8 Å². The fourth-order valence-electron chi connectivity index (χ4n) is 5.18. The van der Waals surface area contributed by atoms with Crippen molar-refractivity contribution >= 4 is 27.6 Å². The molecule has 4 aromatic rings. The third-order valence-corrected chi connectivity index (χ3v) is 9.15. The number of aromatic carboxylic acids is 1. The number of rotatable bonds is 12. The number of hydrogen-bond donors (Lipinski definition) is 3. The van der Waals surface area contributed by atoms with Gasteiger partial charge in [-0.15, -0.1) is 0 Å². The van der Waals surface area contributed by atoms with Crippen LogP contribution in [0.4, 0.5) is 18.9 Å². The number of carboxylic acids is 1. The van der Waals surface area contributed by atoms with Gasteiger partial charge < -0.3 is 19.9 Å². The number of amides is 1. The summed E-state index contributed by atoms with van der Waals surface area (Å²) in [4.78, 5) is 27.8. The molecule has 3 aromatic carbocycles. The van der Waals surface area contributed by atoms with E-state index in [4.69, 9.17) is 9.47 Å². The van der Waals surface area contributed by atoms with E-state index in [-0.39, 0.29) is 35.1 Å². The van der Waals surface area contributed by atoms with Crippen molar-refractivity contribution in [2.75, 3.05) is 11.9 Å². The first kappa shape index (κ1) is 33.4. The van der Waals surface area contributed by atoms with Crippen LogP contribution in [0.1, 0.15) is 47.2 Å². The lowest BCUT2D eigenvalue weighted by molar-refractivity contribution is -0.137. The molecule has 1 heterocycles. The number of hydrogen-bond acceptors (Lipinski definition) is 7. The van der Waals surface area contributed by atoms with Crippen LogP contribution in [-0.4, -0.2) is 42.5 Å². The first-order valence-electron chi connectivity index (χ1n) is 14.5. The number of ether oxygens (including phenoxy) is 2. The van der Waals surface area contributed by atoms with E-state index in [0.717, 1.165) is 37.1 Å². The molecule has 1 aromatic heterocycles. The van der Waals surface area contributed by atoms with Crippen LogP contribution in [0, 0.1) is 0 Å². The number of carbonyl (C=O) groups is 2. The number of para-hydroxylation sites is 1. The van der Waals surface area contributed by atoms with Crippen LogP contribution >= 0.6 is 0 Å². The molecule has 0 atom stereocenters. The van der Waals surface area contributed by atoms with E-state index in [1.807, 2.05) is 0 Å². The monoisotopic (exact) mass is 669 g/mol. The number of benzene rings is 3. The molecule has 0 radical (unpaired) electrons. The van der Waals surface area contributed by atoms with Crippen molar-refractivity contribution < 1.29 is 45.8 Å². The molecule has 1 aliphatic rings. The van der Waals surface area contributed by atoms with Gasteiger partial charge in [-0.2, -0.15) is 13.2 Å². The molecular formula is C33H30F3N3O7S. The Balaban J connectivity index is 1.15. The van der Waals surface area contributed by atoms with Gasteiger partial charge in [0, 0.05) is 12.3 Å². The lowest BCUT2D eigenvalue weighted by Gasteiger charge is -2.30. The molecule has 1 fully saturated rings. The van der Waals surface area contributed by atoms with Gasteiger partial charge in [-0.3, -0.25) is 4.79 Å². The molecule has 3 N–H and O–H groups in total. The summed E-state index contributed by atoms with van der Waals surface area (Å²) in [6.07, 6.45) is -0.586. The highest BCUT2D eigenvalue weighted by molar-refractivity contribution is 7.89. The lowest BCUT2D eigenvalue weighted by Crippen LogP contribution is -2.50. The largest absolute Gasteiger partial charge is 0.492 e. The Hall–Kier alpha value is -4.95. The van der Waals surface area contributed by atoms with Crippen molar-refractivity contribution in [2.24, 2.45) is 0 Å². The summed E-state index contributed by atoms with van der Waals surface area (Å²) >= 11 is 0. The number of nitrogens with zero attached hydrogens (tertiary/aromatic N) is 1. The highest BCUT2D eigenvalue weighted by atomic mass is 32.2. The van der Waals surface area contributed by atoms with E-state index in [0.29, 0.717) is 29.9 Å². The Kier molecular flexibility index (Phi) is 9.82. The first-order chi connectivity index (χ1) is 22.3. The minimum Gasteiger partial charge on any atom is -0.492 e. The van der Waals surface area contributed by atoms with Gasteiger partial charge in [0.05, 0.1) is 33.7 Å². The minimum atomic E-state index is -4.57. The summed E-state index contributed by atoms with van der Waals surface area (Å²) in [6.45, 7) is 0.0194. The van der Waals surface area contributed by atoms with Gasteiger partial charge in [-0.05, 0) is 79.1 Å². The minimum absolute atomic E-state index is 0.0153. The number of aromatic nitrogens is 1. The molecule has 1 amide bonds. The van der Waals surface area contributed by atoms with Crippen molar-refractivity contribution in [3.05, 3.63) is 108 Å². The molecular weight excluding hydrogens is 639 g/mol. The van der Waals surface area contributed by atoms with Crippen LogP contribution in [0.25, 0.3) is 0 Å². The van der Waals surface area contributed by atoms with Gasteiger partial charge in [0.25, 0.3) is 0 Å². The number of pyridine rings is 1. The van der Waals surface area contributed by atoms with E-state index in [9.17, 15) is 36.3 Å². The quantitative estimate of drug-likeness (QED) is 0.156. The number of alkyl halides is 3. The van der Waals surface area contributed by atoms with Gasteiger partial charge in [0.1, 0.15) is 18.1 Å². The van der Waals surface area contributed by atoms with Crippen molar-refractivity contribution in [2.45, 2.75) is 48.7 Å². The van der Waals surface area contributed by atoms with Crippen LogP contribution in [0.15, 0.2) is 96.0 Å². The average molecular weight is 670 g/mol. The maximum absolute atomic E-state index is 13.1. The zero-order valence-electron chi connectivity index (χ0n) is 24.8. The second kappa shape index (κ2) is 13.8. The van der Waals surface area contributed by atoms with Crippen molar-refractivity contribution in [3.63, 3.8) is 0 Å². The molecule has 0 bridgehead atoms. The Morgan fingerprint density at radius 3 is 2.17 bits per heavy atom. The van der Waals surface area contributed by atoms with Crippen LogP contribution in [-0.2, 0) is 27.4 Å². The maximum atomic E-state index is 13.1. The lowest BCUT2D eigenvalue weighted by atomic mass is 10.0. The zero-order chi connectivity index (χ0) is 33.7. The van der Waals surface area contributed by atoms with Crippen LogP contribution < -0.4 is 19.5 Å². The Bertz CT molecular complexity index is 1830. The van der Waals surface area contributed by atoms with Crippen molar-refractivity contribution in [1.29, 1.82) is 0 Å². The molecule has 10 nitrogen and oxygen atoms in total. The topological polar surface area (TPSA) is 144 Å². The van der Waals surface area contributed by atoms with Gasteiger partial charge in [-0.1, -0.05) is 31.0 Å². The van der Waals surface area contributed by atoms with Crippen molar-refractivity contribution in [3.8, 4) is 17.4 Å². The van der Waals surface area contributed by atoms with E-state index < -0.39 is 39.2 Å². The Morgan fingerprint density at radius 1 is 0.894 bits per heavy atom. The molecule has 47 heavy (non-hydrogen) atoms. The fourth-order valence-corrected chi connectivity index (χ4v) is 6.62. The number of halogens is 3. The predicted molar refractivity (Wildman–Crippen MR) is 165 cm³/mol. The molecule has 1 aliphatic carbocycles. The Morgan fingerprint density at radius 2 is 1.55 bits per heavy atom. The average Bonchev–Trinajstić information content (AvgIpc) is 3.49. The SMILES string of the molecule is O=C(Cc1ccc(Oc2ccc(OCC3(NS(=O)(=O)c4ccc(C(F)(F)F)cc4)CCCC3)cc2)nc1)Nc1ccccc1C(=O)O. The fraction of sp³-hybridized carbons (Fsp3) is 0.242. The summed E-state index contributed by atoms with van der Waals surface area (Å²) in [5, 5.41) is 11.9. The summed E-state index contributed by atoms with van der Waals surface area (Å²) in [5.41, 5.74) is -1.08. The molecule has 0 saturated heterocycles. The molecule has 246 valence electrons. The number of carbonyl (C=O) groups excluding carboxylic acids is 1. The zero-order valence-corrected chi connectivity index (χ0v) is 25.6. The van der Waals surface area contributed by atoms with E-state index in [1.54, 1.807) is 48.5 Å². The molecule has 0 aliphatic heterocycles. The highest BCUT2D eigenvalue weighted by Gasteiger charge is 2.39. The highest BCUT2D eigenvalue weighted by Crippen LogP contribution is 2.34. The number of carboxylic acid groups (broad SMARTS) is 1. The summed E-state index contributed by atoms with van der Waals surface area (Å²) in [6, 6.07) is 19.3. The van der Waals surface area contributed by atoms with Crippen molar-refractivity contribution in [1.82, 2.24) is 9.71 Å². The van der Waals surface area contributed by atoms with Gasteiger partial charge >= 0.3 is 12.1 Å². The first-order valence-corrected chi connectivity index (χ1v) is 16.0. The van der Waals surface area contributed by atoms with Crippen LogP contribution in [0.2, 0.25) is 0 Å². The summed E-state index contributed by atoms with van der Waals surface area (Å²) in [5.74, 6) is -0.391. The second-order valence-electron chi connectivity index (χ2n) is 11.1. The number of anilines is 1. The van der Waals surface area contributed by atoms with Crippen LogP contribution in [0.3, 0.4) is 0 Å². The molecule has 0 unspecified atom stereocenters. The summed E-state index contributed by atoms with van der Waals surface area (Å²) in [7, 11) is -4.11. The molecule has 5 rings (SSSR count). The van der Waals surface area contributed by atoms with Crippen LogP contribution in [0.5, 0.6) is 17.4 Å². The predicted octanol–water partition coefficient (Wildman–Crippen LogP) is 6.44. The third kappa shape index (κ3) is 8.65. The van der Waals surface area contributed by atoms with E-state index in [2.05, 4.69) is 15.0 Å². The summed E-state index contributed by atoms with van der Waals surface area (Å²) < 4.78 is 79.3. The number of nitrogens with one attached hydrogen (secondary N) is 2. The maximum Gasteiger partial charge on any atom is 0.416 e. The molecule has 1 saturated carbocycles. The Labute approximate surface area is 268 Å². The molecule has 0 spiro atoms. The smallest absolute Gasteiger partial charge is 0.416 e.